The van der Waals surface area contributed by atoms with Crippen molar-refractivity contribution >= 4 is 24.2 Å². The van der Waals surface area contributed by atoms with Gasteiger partial charge in [-0.2, -0.15) is 0 Å². The lowest BCUT2D eigenvalue weighted by Crippen LogP contribution is -2.57. The summed E-state index contributed by atoms with van der Waals surface area (Å²) < 4.78 is 5.65. The second-order valence-corrected chi connectivity index (χ2v) is 8.84. The maximum absolute atomic E-state index is 13.3. The van der Waals surface area contributed by atoms with E-state index in [-0.39, 0.29) is 30.3 Å². The van der Waals surface area contributed by atoms with E-state index in [4.69, 9.17) is 4.74 Å². The molecule has 0 saturated carbocycles. The quantitative estimate of drug-likeness (QED) is 0.606. The van der Waals surface area contributed by atoms with Crippen LogP contribution >= 0.6 is 12.4 Å². The van der Waals surface area contributed by atoms with E-state index in [9.17, 15) is 9.59 Å². The molecule has 0 aromatic heterocycles. The summed E-state index contributed by atoms with van der Waals surface area (Å²) in [5.74, 6) is 0.641. The van der Waals surface area contributed by atoms with E-state index >= 15 is 0 Å². The molecule has 0 unspecified atom stereocenters. The number of nitrogens with one attached hydrogen (secondary N) is 3. The van der Waals surface area contributed by atoms with Crippen LogP contribution in [0.1, 0.15) is 52.4 Å². The van der Waals surface area contributed by atoms with E-state index in [1.807, 2.05) is 0 Å². The summed E-state index contributed by atoms with van der Waals surface area (Å²) >= 11 is 0. The fraction of sp³-hybridized carbons (Fsp3) is 0.810. The monoisotopic (exact) mass is 413 g/mol. The highest BCUT2D eigenvalue weighted by Gasteiger charge is 2.41. The molecule has 1 spiro atoms. The van der Waals surface area contributed by atoms with E-state index in [1.54, 1.807) is 0 Å². The van der Waals surface area contributed by atoms with E-state index in [1.165, 1.54) is 0 Å². The Balaban J connectivity index is 0.00000280. The summed E-state index contributed by atoms with van der Waals surface area (Å²) in [4.78, 5) is 26.3. The molecule has 0 aromatic carbocycles. The molecule has 3 heterocycles. The number of amides is 2. The SMILES string of the molecule is CC(C)C[C@@H]1NC(=O)C2(C/C=C/C[C@@H]3COCC[C@@H]3NC1=O)CCNCC2.Cl. The molecule has 160 valence electrons. The molecular formula is C21H36ClN3O3. The first-order valence-corrected chi connectivity index (χ1v) is 10.5. The molecule has 7 heteroatoms. The Morgan fingerprint density at radius 3 is 2.64 bits per heavy atom. The minimum atomic E-state index is -0.462. The standard InChI is InChI=1S/C21H35N3O3.ClH/c1-15(2)13-18-19(25)23-17-6-12-27-14-16(17)5-3-4-7-21(20(26)24-18)8-10-22-11-9-21;/h3-4,15-18,22H,5-14H2,1-2H3,(H,23,25)(H,24,26);1H/b4-3+;/t16-,17+,18+;/m1./s1. The summed E-state index contributed by atoms with van der Waals surface area (Å²) in [6.07, 6.45) is 9.12. The van der Waals surface area contributed by atoms with Crippen LogP contribution in [-0.4, -0.2) is 50.2 Å². The first-order chi connectivity index (χ1) is 13.0. The number of fused-ring (bicyclic) bond motifs is 1. The molecule has 3 aliphatic heterocycles. The third-order valence-electron chi connectivity index (χ3n) is 6.29. The second kappa shape index (κ2) is 10.6. The topological polar surface area (TPSA) is 79.5 Å². The van der Waals surface area contributed by atoms with Crippen LogP contribution in [0.25, 0.3) is 0 Å². The van der Waals surface area contributed by atoms with E-state index < -0.39 is 11.5 Å². The molecule has 3 N–H and O–H groups in total. The lowest BCUT2D eigenvalue weighted by atomic mass is 9.74. The minimum absolute atomic E-state index is 0. The lowest BCUT2D eigenvalue weighted by molar-refractivity contribution is -0.137. The summed E-state index contributed by atoms with van der Waals surface area (Å²) in [5, 5.41) is 9.71. The summed E-state index contributed by atoms with van der Waals surface area (Å²) in [6, 6.07) is -0.342. The zero-order valence-electron chi connectivity index (χ0n) is 17.2. The minimum Gasteiger partial charge on any atom is -0.381 e. The van der Waals surface area contributed by atoms with Gasteiger partial charge >= 0.3 is 0 Å². The Morgan fingerprint density at radius 2 is 1.93 bits per heavy atom. The summed E-state index contributed by atoms with van der Waals surface area (Å²) in [5.41, 5.74) is -0.404. The molecule has 3 aliphatic rings. The van der Waals surface area contributed by atoms with Crippen molar-refractivity contribution in [2.24, 2.45) is 17.3 Å². The molecule has 6 nitrogen and oxygen atoms in total. The number of halogens is 1. The fourth-order valence-electron chi connectivity index (χ4n) is 4.53. The van der Waals surface area contributed by atoms with Crippen molar-refractivity contribution in [1.29, 1.82) is 0 Å². The third-order valence-corrected chi connectivity index (χ3v) is 6.29. The van der Waals surface area contributed by atoms with Gasteiger partial charge in [0.05, 0.1) is 12.0 Å². The molecule has 3 rings (SSSR count). The molecule has 2 fully saturated rings. The Morgan fingerprint density at radius 1 is 1.18 bits per heavy atom. The molecule has 3 atom stereocenters. The first-order valence-electron chi connectivity index (χ1n) is 10.5. The molecule has 0 bridgehead atoms. The number of hydrogen-bond acceptors (Lipinski definition) is 4. The van der Waals surface area contributed by atoms with Crippen LogP contribution in [0.2, 0.25) is 0 Å². The number of piperidine rings is 1. The number of rotatable bonds is 2. The van der Waals surface area contributed by atoms with Crippen molar-refractivity contribution in [2.75, 3.05) is 26.3 Å². The number of ether oxygens (including phenoxy) is 1. The average molecular weight is 414 g/mol. The molecule has 2 saturated heterocycles. The third kappa shape index (κ3) is 5.71. The predicted octanol–water partition coefficient (Wildman–Crippen LogP) is 2.18. The fourth-order valence-corrected chi connectivity index (χ4v) is 4.53. The van der Waals surface area contributed by atoms with Crippen LogP contribution in [0.5, 0.6) is 0 Å². The van der Waals surface area contributed by atoms with Gasteiger partial charge < -0.3 is 20.7 Å². The van der Waals surface area contributed by atoms with Crippen molar-refractivity contribution in [3.63, 3.8) is 0 Å². The maximum atomic E-state index is 13.3. The van der Waals surface area contributed by atoms with Crippen molar-refractivity contribution in [3.05, 3.63) is 12.2 Å². The van der Waals surface area contributed by atoms with Crippen LogP contribution < -0.4 is 16.0 Å². The van der Waals surface area contributed by atoms with Crippen LogP contribution in [0, 0.1) is 17.3 Å². The Kier molecular flexibility index (Phi) is 8.78. The van der Waals surface area contributed by atoms with Gasteiger partial charge in [0.2, 0.25) is 11.8 Å². The van der Waals surface area contributed by atoms with Crippen LogP contribution in [0.3, 0.4) is 0 Å². The number of allylic oxidation sites excluding steroid dienone is 2. The van der Waals surface area contributed by atoms with Gasteiger partial charge in [-0.1, -0.05) is 26.0 Å². The highest BCUT2D eigenvalue weighted by atomic mass is 35.5. The molecule has 0 aliphatic carbocycles. The predicted molar refractivity (Wildman–Crippen MR) is 112 cm³/mol. The van der Waals surface area contributed by atoms with Gasteiger partial charge in [0.25, 0.3) is 0 Å². The van der Waals surface area contributed by atoms with Crippen LogP contribution in [0.4, 0.5) is 0 Å². The maximum Gasteiger partial charge on any atom is 0.242 e. The molecule has 0 aromatic rings. The van der Waals surface area contributed by atoms with E-state index in [0.717, 1.165) is 45.2 Å². The van der Waals surface area contributed by atoms with Gasteiger partial charge in [-0.05, 0) is 57.5 Å². The molecule has 2 amide bonds. The van der Waals surface area contributed by atoms with E-state index in [0.29, 0.717) is 31.5 Å². The van der Waals surface area contributed by atoms with E-state index in [2.05, 4.69) is 41.9 Å². The van der Waals surface area contributed by atoms with Gasteiger partial charge in [0.1, 0.15) is 6.04 Å². The van der Waals surface area contributed by atoms with Crippen LogP contribution in [-0.2, 0) is 14.3 Å². The Labute approximate surface area is 175 Å². The van der Waals surface area contributed by atoms with Gasteiger partial charge in [-0.25, -0.2) is 0 Å². The Hall–Kier alpha value is -1.11. The summed E-state index contributed by atoms with van der Waals surface area (Å²) in [7, 11) is 0. The van der Waals surface area contributed by atoms with Crippen LogP contribution in [0.15, 0.2) is 12.2 Å². The van der Waals surface area contributed by atoms with Crippen molar-refractivity contribution in [2.45, 2.75) is 64.5 Å². The largest absolute Gasteiger partial charge is 0.381 e. The smallest absolute Gasteiger partial charge is 0.242 e. The van der Waals surface area contributed by atoms with Gasteiger partial charge in [0.15, 0.2) is 0 Å². The summed E-state index contributed by atoms with van der Waals surface area (Å²) in [6.45, 7) is 7.25. The number of hydrogen-bond donors (Lipinski definition) is 3. The van der Waals surface area contributed by atoms with Crippen molar-refractivity contribution in [1.82, 2.24) is 16.0 Å². The zero-order chi connectivity index (χ0) is 19.3. The highest BCUT2D eigenvalue weighted by Crippen LogP contribution is 2.34. The number of carbonyl (C=O) groups is 2. The first kappa shape index (κ1) is 23.2. The average Bonchev–Trinajstić information content (AvgIpc) is 2.65. The van der Waals surface area contributed by atoms with Crippen molar-refractivity contribution < 1.29 is 14.3 Å². The second-order valence-electron chi connectivity index (χ2n) is 8.84. The van der Waals surface area contributed by atoms with Gasteiger partial charge in [-0.3, -0.25) is 9.59 Å². The Bertz CT molecular complexity index is 561. The molecule has 0 radical (unpaired) electrons. The zero-order valence-corrected chi connectivity index (χ0v) is 18.0. The molecule has 28 heavy (non-hydrogen) atoms. The van der Waals surface area contributed by atoms with Gasteiger partial charge in [0, 0.05) is 18.6 Å². The highest BCUT2D eigenvalue weighted by molar-refractivity contribution is 5.90. The molecular weight excluding hydrogens is 378 g/mol. The van der Waals surface area contributed by atoms with Crippen molar-refractivity contribution in [3.8, 4) is 0 Å². The van der Waals surface area contributed by atoms with Gasteiger partial charge in [-0.15, -0.1) is 12.4 Å². The number of carbonyl (C=O) groups excluding carboxylic acids is 2. The lowest BCUT2D eigenvalue weighted by Gasteiger charge is -2.38. The normalized spacial score (nSPS) is 32.2.